The molecule has 1 aliphatic heterocycles. The first kappa shape index (κ1) is 22.3. The van der Waals surface area contributed by atoms with Gasteiger partial charge < -0.3 is 15.2 Å². The van der Waals surface area contributed by atoms with Crippen molar-refractivity contribution in [2.75, 3.05) is 5.73 Å². The lowest BCUT2D eigenvalue weighted by molar-refractivity contribution is -0.148. The first-order chi connectivity index (χ1) is 16.7. The summed E-state index contributed by atoms with van der Waals surface area (Å²) >= 11 is 6.14. The van der Waals surface area contributed by atoms with Crippen LogP contribution in [0.25, 0.3) is 21.9 Å². The van der Waals surface area contributed by atoms with Gasteiger partial charge in [0.15, 0.2) is 11.4 Å². The van der Waals surface area contributed by atoms with E-state index in [0.29, 0.717) is 51.3 Å². The van der Waals surface area contributed by atoms with Crippen molar-refractivity contribution in [3.63, 3.8) is 0 Å². The number of rotatable bonds is 4. The van der Waals surface area contributed by atoms with Crippen LogP contribution in [-0.4, -0.2) is 42.7 Å². The smallest absolute Gasteiger partial charge is 0.164 e. The highest BCUT2D eigenvalue weighted by atomic mass is 35.5. The third-order valence-electron chi connectivity index (χ3n) is 6.69. The largest absolute Gasteiger partial charge is 0.383 e. The van der Waals surface area contributed by atoms with Crippen molar-refractivity contribution in [2.24, 2.45) is 0 Å². The lowest BCUT2D eigenvalue weighted by Gasteiger charge is -2.21. The highest BCUT2D eigenvalue weighted by molar-refractivity contribution is 6.31. The van der Waals surface area contributed by atoms with Crippen LogP contribution in [0.2, 0.25) is 5.02 Å². The second-order valence-electron chi connectivity index (χ2n) is 9.54. The van der Waals surface area contributed by atoms with E-state index >= 15 is 0 Å². The lowest BCUT2D eigenvalue weighted by Crippen LogP contribution is -2.28. The topological polar surface area (TPSA) is 101 Å². The Kier molecular flexibility index (Phi) is 5.07. The number of ether oxygens (including phenoxy) is 2. The summed E-state index contributed by atoms with van der Waals surface area (Å²) in [6.07, 6.45) is 6.01. The quantitative estimate of drug-likeness (QED) is 0.410. The third kappa shape index (κ3) is 3.74. The summed E-state index contributed by atoms with van der Waals surface area (Å²) in [4.78, 5) is 12.9. The van der Waals surface area contributed by atoms with Crippen molar-refractivity contribution in [1.82, 2.24) is 24.7 Å². The molecule has 0 bridgehead atoms. The minimum Gasteiger partial charge on any atom is -0.383 e. The maximum atomic E-state index is 14.8. The zero-order valence-electron chi connectivity index (χ0n) is 19.5. The summed E-state index contributed by atoms with van der Waals surface area (Å²) in [6.45, 7) is 5.62. The van der Waals surface area contributed by atoms with Gasteiger partial charge in [-0.1, -0.05) is 17.7 Å². The molecule has 4 heterocycles. The average Bonchev–Trinajstić information content (AvgIpc) is 3.45. The Morgan fingerprint density at radius 1 is 1.14 bits per heavy atom. The zero-order chi connectivity index (χ0) is 24.5. The van der Waals surface area contributed by atoms with Crippen molar-refractivity contribution in [1.29, 1.82) is 0 Å². The lowest BCUT2D eigenvalue weighted by atomic mass is 10.0. The molecule has 1 saturated heterocycles. The normalized spacial score (nSPS) is 23.2. The molecular formula is C25H24ClFN6O2. The van der Waals surface area contributed by atoms with Crippen molar-refractivity contribution in [2.45, 2.75) is 57.6 Å². The van der Waals surface area contributed by atoms with Crippen LogP contribution in [-0.2, 0) is 15.9 Å². The summed E-state index contributed by atoms with van der Waals surface area (Å²) in [5, 5.41) is 6.12. The number of nitrogens with two attached hydrogens (primary N) is 1. The van der Waals surface area contributed by atoms with E-state index in [9.17, 15) is 4.39 Å². The molecule has 1 aliphatic carbocycles. The molecule has 0 amide bonds. The summed E-state index contributed by atoms with van der Waals surface area (Å²) in [5.41, 5.74) is 9.86. The average molecular weight is 495 g/mol. The molecule has 1 aromatic carbocycles. The van der Waals surface area contributed by atoms with E-state index in [2.05, 4.69) is 26.1 Å². The fourth-order valence-electron chi connectivity index (χ4n) is 5.06. The van der Waals surface area contributed by atoms with Crippen LogP contribution in [0.1, 0.15) is 37.6 Å². The summed E-state index contributed by atoms with van der Waals surface area (Å²) in [6, 6.07) is 4.88. The van der Waals surface area contributed by atoms with Gasteiger partial charge in [0.2, 0.25) is 0 Å². The third-order valence-corrected chi connectivity index (χ3v) is 7.08. The number of nitrogen functional groups attached to an aromatic ring is 1. The predicted octanol–water partition coefficient (Wildman–Crippen LogP) is 4.69. The number of benzene rings is 1. The number of hydrogen-bond donors (Lipinski definition) is 1. The van der Waals surface area contributed by atoms with Gasteiger partial charge in [-0.25, -0.2) is 19.0 Å². The highest BCUT2D eigenvalue weighted by Crippen LogP contribution is 2.45. The Balaban J connectivity index is 1.33. The van der Waals surface area contributed by atoms with Gasteiger partial charge in [0.1, 0.15) is 36.2 Å². The highest BCUT2D eigenvalue weighted by Gasteiger charge is 2.51. The summed E-state index contributed by atoms with van der Waals surface area (Å²) in [7, 11) is 0. The summed E-state index contributed by atoms with van der Waals surface area (Å²) in [5.74, 6) is -0.683. The number of fused-ring (bicyclic) bond motifs is 3. The molecule has 4 aromatic rings. The number of aryl methyl sites for hydroxylation is 2. The molecule has 3 aromatic heterocycles. The molecule has 0 saturated carbocycles. The van der Waals surface area contributed by atoms with Crippen LogP contribution in [0.5, 0.6) is 0 Å². The molecule has 1 fully saturated rings. The Morgan fingerprint density at radius 3 is 2.80 bits per heavy atom. The van der Waals surface area contributed by atoms with Gasteiger partial charge in [0.25, 0.3) is 0 Å². The number of anilines is 1. The molecule has 6 rings (SSSR count). The minimum absolute atomic E-state index is 0.219. The van der Waals surface area contributed by atoms with Gasteiger partial charge in [0, 0.05) is 5.39 Å². The predicted molar refractivity (Wildman–Crippen MR) is 130 cm³/mol. The number of hydrogen-bond acceptors (Lipinski definition) is 7. The Hall–Kier alpha value is -3.14. The van der Waals surface area contributed by atoms with Crippen molar-refractivity contribution in [3.05, 3.63) is 64.5 Å². The van der Waals surface area contributed by atoms with E-state index < -0.39 is 5.79 Å². The van der Waals surface area contributed by atoms with Crippen LogP contribution in [0.15, 0.2) is 42.4 Å². The molecule has 0 spiro atoms. The van der Waals surface area contributed by atoms with Crippen molar-refractivity contribution < 1.29 is 13.9 Å². The van der Waals surface area contributed by atoms with E-state index in [-0.39, 0.29) is 24.1 Å². The molecule has 180 valence electrons. The number of halogens is 2. The van der Waals surface area contributed by atoms with E-state index in [4.69, 9.17) is 26.8 Å². The number of aromatic nitrogens is 5. The van der Waals surface area contributed by atoms with E-state index in [0.717, 1.165) is 11.1 Å². The van der Waals surface area contributed by atoms with Crippen LogP contribution in [0.4, 0.5) is 10.2 Å². The second-order valence-corrected chi connectivity index (χ2v) is 9.95. The maximum absolute atomic E-state index is 14.8. The monoisotopic (exact) mass is 494 g/mol. The van der Waals surface area contributed by atoms with Crippen LogP contribution < -0.4 is 5.73 Å². The van der Waals surface area contributed by atoms with Gasteiger partial charge in [-0.05, 0) is 62.9 Å². The molecular weight excluding hydrogens is 471 g/mol. The standard InChI is InChI=1S/C25H24ClFN6O2/c1-12-17(26)9-15-18(27)6-13(7-19(15)32-12)4-5-14-8-20(22-21(14)34-25(2,3)35-22)33-24-16(10-31-33)23(28)29-11-30-24/h6-11,20-22H,4-5H2,1-3H3,(H2,28,29,30)/t20-,21-,22+/m1/s1. The molecule has 0 radical (unpaired) electrons. The van der Waals surface area contributed by atoms with Gasteiger partial charge >= 0.3 is 0 Å². The molecule has 8 nitrogen and oxygen atoms in total. The summed E-state index contributed by atoms with van der Waals surface area (Å²) < 4.78 is 29.2. The van der Waals surface area contributed by atoms with E-state index in [1.807, 2.05) is 31.5 Å². The van der Waals surface area contributed by atoms with Crippen LogP contribution in [0.3, 0.4) is 0 Å². The first-order valence-corrected chi connectivity index (χ1v) is 11.8. The van der Waals surface area contributed by atoms with E-state index in [1.54, 1.807) is 18.3 Å². The Labute approximate surface area is 205 Å². The SMILES string of the molecule is Cc1nc2cc(CCC3=C[C@@H](n4ncc5c(N)ncnc54)[C@@H]4OC(C)(C)O[C@H]34)cc(F)c2cc1Cl. The minimum atomic E-state index is -0.736. The first-order valence-electron chi connectivity index (χ1n) is 11.5. The molecule has 10 heteroatoms. The van der Waals surface area contributed by atoms with Crippen LogP contribution in [0, 0.1) is 12.7 Å². The van der Waals surface area contributed by atoms with Gasteiger partial charge in [0.05, 0.1) is 27.8 Å². The Bertz CT molecular complexity index is 1520. The Morgan fingerprint density at radius 2 is 1.97 bits per heavy atom. The fraction of sp³-hybridized carbons (Fsp3) is 0.360. The second kappa shape index (κ2) is 7.94. The molecule has 0 unspecified atom stereocenters. The molecule has 35 heavy (non-hydrogen) atoms. The number of nitrogens with zero attached hydrogens (tertiary/aromatic N) is 5. The van der Waals surface area contributed by atoms with E-state index in [1.165, 1.54) is 6.33 Å². The molecule has 3 atom stereocenters. The molecule has 2 aliphatic rings. The molecule has 2 N–H and O–H groups in total. The van der Waals surface area contributed by atoms with Gasteiger partial charge in [-0.2, -0.15) is 5.10 Å². The number of pyridine rings is 1. The zero-order valence-corrected chi connectivity index (χ0v) is 20.3. The van der Waals surface area contributed by atoms with Crippen LogP contribution >= 0.6 is 11.6 Å². The van der Waals surface area contributed by atoms with Gasteiger partial charge in [-0.15, -0.1) is 0 Å². The van der Waals surface area contributed by atoms with Gasteiger partial charge in [-0.3, -0.25) is 4.98 Å². The van der Waals surface area contributed by atoms with Crippen molar-refractivity contribution in [3.8, 4) is 0 Å². The maximum Gasteiger partial charge on any atom is 0.164 e. The fourth-order valence-corrected chi connectivity index (χ4v) is 5.21. The van der Waals surface area contributed by atoms with Crippen molar-refractivity contribution >= 4 is 39.4 Å².